The van der Waals surface area contributed by atoms with Crippen molar-refractivity contribution in [3.8, 4) is 0 Å². The van der Waals surface area contributed by atoms with Crippen molar-refractivity contribution in [1.29, 1.82) is 0 Å². The summed E-state index contributed by atoms with van der Waals surface area (Å²) in [5, 5.41) is 4.63. The lowest BCUT2D eigenvalue weighted by molar-refractivity contribution is 0.650. The molecule has 0 amide bonds. The van der Waals surface area contributed by atoms with E-state index in [2.05, 4.69) is 31.1 Å². The predicted octanol–water partition coefficient (Wildman–Crippen LogP) is 3.19. The van der Waals surface area contributed by atoms with Crippen LogP contribution in [0.4, 0.5) is 5.13 Å². The minimum absolute atomic E-state index is 0.716. The molecule has 0 aromatic carbocycles. The maximum atomic E-state index is 4.83. The van der Waals surface area contributed by atoms with Gasteiger partial charge in [-0.3, -0.25) is 0 Å². The molecule has 1 heterocycles. The fourth-order valence-corrected chi connectivity index (χ4v) is 3.77. The lowest BCUT2D eigenvalue weighted by Gasteiger charge is -2.23. The second-order valence-corrected chi connectivity index (χ2v) is 6.11. The van der Waals surface area contributed by atoms with Crippen LogP contribution in [0.15, 0.2) is 0 Å². The fourth-order valence-electron chi connectivity index (χ4n) is 2.62. The van der Waals surface area contributed by atoms with E-state index in [1.54, 1.807) is 0 Å². The summed E-state index contributed by atoms with van der Waals surface area (Å²) in [5.41, 5.74) is 1.28. The summed E-state index contributed by atoms with van der Waals surface area (Å²) in [6, 6.07) is 0.716. The third-order valence-corrected chi connectivity index (χ3v) is 5.00. The van der Waals surface area contributed by atoms with Crippen molar-refractivity contribution in [1.82, 2.24) is 10.3 Å². The number of rotatable bonds is 6. The average molecular weight is 267 g/mol. The lowest BCUT2D eigenvalue weighted by atomic mass is 10.2. The van der Waals surface area contributed by atoms with Crippen LogP contribution in [-0.4, -0.2) is 24.6 Å². The summed E-state index contributed by atoms with van der Waals surface area (Å²) in [4.78, 5) is 8.66. The van der Waals surface area contributed by atoms with E-state index in [0.717, 1.165) is 19.5 Å². The standard InChI is InChI=1S/C14H25N3S/c1-4-12-13(10-15-5-2)18-14(16-12)17(3)11-8-6-7-9-11/h11,15H,4-10H2,1-3H3. The molecule has 0 saturated heterocycles. The Morgan fingerprint density at radius 2 is 2.06 bits per heavy atom. The third kappa shape index (κ3) is 3.04. The highest BCUT2D eigenvalue weighted by atomic mass is 32.1. The molecule has 0 bridgehead atoms. The third-order valence-electron chi connectivity index (χ3n) is 3.81. The molecule has 1 aromatic heterocycles. The Balaban J connectivity index is 2.09. The molecule has 1 aliphatic rings. The van der Waals surface area contributed by atoms with Crippen molar-refractivity contribution in [2.75, 3.05) is 18.5 Å². The van der Waals surface area contributed by atoms with Crippen molar-refractivity contribution < 1.29 is 0 Å². The molecule has 1 fully saturated rings. The minimum atomic E-state index is 0.716. The zero-order valence-electron chi connectivity index (χ0n) is 11.8. The van der Waals surface area contributed by atoms with Gasteiger partial charge in [-0.15, -0.1) is 11.3 Å². The molecular weight excluding hydrogens is 242 g/mol. The van der Waals surface area contributed by atoms with Gasteiger partial charge < -0.3 is 10.2 Å². The van der Waals surface area contributed by atoms with E-state index in [-0.39, 0.29) is 0 Å². The Hall–Kier alpha value is -0.610. The largest absolute Gasteiger partial charge is 0.348 e. The molecule has 2 rings (SSSR count). The van der Waals surface area contributed by atoms with E-state index in [9.17, 15) is 0 Å². The molecule has 1 N–H and O–H groups in total. The molecule has 4 heteroatoms. The number of thiazole rings is 1. The van der Waals surface area contributed by atoms with Crippen LogP contribution in [0.25, 0.3) is 0 Å². The summed E-state index contributed by atoms with van der Waals surface area (Å²) >= 11 is 1.87. The first-order valence-corrected chi connectivity index (χ1v) is 8.00. The van der Waals surface area contributed by atoms with E-state index < -0.39 is 0 Å². The number of hydrogen-bond acceptors (Lipinski definition) is 4. The second kappa shape index (κ2) is 6.53. The zero-order valence-corrected chi connectivity index (χ0v) is 12.6. The number of anilines is 1. The molecule has 0 spiro atoms. The Morgan fingerprint density at radius 1 is 1.33 bits per heavy atom. The van der Waals surface area contributed by atoms with Gasteiger partial charge in [-0.25, -0.2) is 4.98 Å². The van der Waals surface area contributed by atoms with E-state index >= 15 is 0 Å². The topological polar surface area (TPSA) is 28.2 Å². The number of aromatic nitrogens is 1. The molecule has 3 nitrogen and oxygen atoms in total. The molecule has 0 atom stereocenters. The van der Waals surface area contributed by atoms with Crippen molar-refractivity contribution in [2.45, 2.75) is 58.5 Å². The van der Waals surface area contributed by atoms with Gasteiger partial charge in [0.15, 0.2) is 5.13 Å². The summed E-state index contributed by atoms with van der Waals surface area (Å²) in [5.74, 6) is 0. The van der Waals surface area contributed by atoms with Crippen LogP contribution in [0.3, 0.4) is 0 Å². The lowest BCUT2D eigenvalue weighted by Crippen LogP contribution is -2.28. The highest BCUT2D eigenvalue weighted by Gasteiger charge is 2.22. The number of nitrogens with zero attached hydrogens (tertiary/aromatic N) is 2. The highest BCUT2D eigenvalue weighted by molar-refractivity contribution is 7.15. The Bertz CT molecular complexity index is 369. The zero-order chi connectivity index (χ0) is 13.0. The highest BCUT2D eigenvalue weighted by Crippen LogP contribution is 2.31. The monoisotopic (exact) mass is 267 g/mol. The van der Waals surface area contributed by atoms with Crippen molar-refractivity contribution >= 4 is 16.5 Å². The molecule has 0 aliphatic heterocycles. The summed E-state index contributed by atoms with van der Waals surface area (Å²) in [6.45, 7) is 6.34. The van der Waals surface area contributed by atoms with Gasteiger partial charge in [-0.05, 0) is 25.8 Å². The smallest absolute Gasteiger partial charge is 0.185 e. The fraction of sp³-hybridized carbons (Fsp3) is 0.786. The van der Waals surface area contributed by atoms with E-state index in [1.807, 2.05) is 11.3 Å². The molecule has 18 heavy (non-hydrogen) atoms. The Labute approximate surface area is 115 Å². The number of hydrogen-bond donors (Lipinski definition) is 1. The molecule has 102 valence electrons. The van der Waals surface area contributed by atoms with Gasteiger partial charge in [0.25, 0.3) is 0 Å². The normalized spacial score (nSPS) is 16.4. The van der Waals surface area contributed by atoms with Crippen molar-refractivity contribution in [3.63, 3.8) is 0 Å². The van der Waals surface area contributed by atoms with Crippen molar-refractivity contribution in [2.24, 2.45) is 0 Å². The SMILES string of the molecule is CCNCc1sc(N(C)C2CCCC2)nc1CC. The van der Waals surface area contributed by atoms with Gasteiger partial charge in [-0.1, -0.05) is 26.7 Å². The van der Waals surface area contributed by atoms with Crippen LogP contribution >= 0.6 is 11.3 Å². The maximum absolute atomic E-state index is 4.83. The predicted molar refractivity (Wildman–Crippen MR) is 79.5 cm³/mol. The molecule has 0 radical (unpaired) electrons. The van der Waals surface area contributed by atoms with E-state index in [0.29, 0.717) is 6.04 Å². The number of aryl methyl sites for hydroxylation is 1. The first kappa shape index (κ1) is 13.8. The second-order valence-electron chi connectivity index (χ2n) is 5.05. The maximum Gasteiger partial charge on any atom is 0.185 e. The first-order valence-electron chi connectivity index (χ1n) is 7.18. The van der Waals surface area contributed by atoms with Crippen LogP contribution in [0, 0.1) is 0 Å². The summed E-state index contributed by atoms with van der Waals surface area (Å²) in [7, 11) is 2.21. The summed E-state index contributed by atoms with van der Waals surface area (Å²) < 4.78 is 0. The first-order chi connectivity index (χ1) is 8.76. The molecule has 1 saturated carbocycles. The average Bonchev–Trinajstić information content (AvgIpc) is 3.04. The Kier molecular flexibility index (Phi) is 5.01. The van der Waals surface area contributed by atoms with Gasteiger partial charge >= 0.3 is 0 Å². The quantitative estimate of drug-likeness (QED) is 0.858. The minimum Gasteiger partial charge on any atom is -0.348 e. The van der Waals surface area contributed by atoms with Crippen LogP contribution in [0.1, 0.15) is 50.1 Å². The summed E-state index contributed by atoms with van der Waals surface area (Å²) in [6.07, 6.45) is 6.46. The van der Waals surface area contributed by atoms with Gasteiger partial charge in [0.2, 0.25) is 0 Å². The molecule has 1 aromatic rings. The van der Waals surface area contributed by atoms with Crippen LogP contribution < -0.4 is 10.2 Å². The van der Waals surface area contributed by atoms with Crippen LogP contribution in [-0.2, 0) is 13.0 Å². The van der Waals surface area contributed by atoms with Gasteiger partial charge in [-0.2, -0.15) is 0 Å². The number of nitrogens with one attached hydrogen (secondary N) is 1. The molecular formula is C14H25N3S. The molecule has 1 aliphatic carbocycles. The van der Waals surface area contributed by atoms with E-state index in [1.165, 1.54) is 41.4 Å². The van der Waals surface area contributed by atoms with Crippen LogP contribution in [0.5, 0.6) is 0 Å². The van der Waals surface area contributed by atoms with Crippen molar-refractivity contribution in [3.05, 3.63) is 10.6 Å². The van der Waals surface area contributed by atoms with Gasteiger partial charge in [0, 0.05) is 24.5 Å². The molecule has 0 unspecified atom stereocenters. The Morgan fingerprint density at radius 3 is 2.67 bits per heavy atom. The van der Waals surface area contributed by atoms with Gasteiger partial charge in [0.1, 0.15) is 0 Å². The van der Waals surface area contributed by atoms with E-state index in [4.69, 9.17) is 4.98 Å². The van der Waals surface area contributed by atoms with Crippen LogP contribution in [0.2, 0.25) is 0 Å². The van der Waals surface area contributed by atoms with Gasteiger partial charge in [0.05, 0.1) is 5.69 Å².